The Morgan fingerprint density at radius 2 is 1.62 bits per heavy atom. The molecular formula is C28H22F5N3O3. The van der Waals surface area contributed by atoms with Gasteiger partial charge < -0.3 is 14.8 Å². The normalized spacial score (nSPS) is 11.2. The molecule has 0 saturated carbocycles. The molecule has 1 N–H and O–H groups in total. The van der Waals surface area contributed by atoms with Crippen molar-refractivity contribution in [2.45, 2.75) is 20.1 Å². The molecule has 0 aliphatic carbocycles. The van der Waals surface area contributed by atoms with Crippen LogP contribution in [0.4, 0.5) is 27.8 Å². The maximum Gasteiger partial charge on any atom is 0.249 e. The van der Waals surface area contributed by atoms with Crippen LogP contribution in [0.25, 0.3) is 6.08 Å². The van der Waals surface area contributed by atoms with Gasteiger partial charge in [0.2, 0.25) is 11.7 Å². The lowest BCUT2D eigenvalue weighted by Gasteiger charge is -2.11. The fourth-order valence-corrected chi connectivity index (χ4v) is 3.62. The lowest BCUT2D eigenvalue weighted by atomic mass is 10.1. The lowest BCUT2D eigenvalue weighted by Crippen LogP contribution is -2.12. The van der Waals surface area contributed by atoms with E-state index in [1.807, 2.05) is 31.2 Å². The highest BCUT2D eigenvalue weighted by Crippen LogP contribution is 2.25. The molecule has 1 heterocycles. The zero-order chi connectivity index (χ0) is 28.1. The van der Waals surface area contributed by atoms with E-state index >= 15 is 0 Å². The Hall–Kier alpha value is -4.67. The molecule has 0 spiro atoms. The van der Waals surface area contributed by atoms with Gasteiger partial charge in [0, 0.05) is 23.9 Å². The van der Waals surface area contributed by atoms with Crippen LogP contribution in [-0.4, -0.2) is 22.8 Å². The van der Waals surface area contributed by atoms with Gasteiger partial charge in [-0.2, -0.15) is 5.10 Å². The van der Waals surface area contributed by atoms with Crippen LogP contribution in [0.2, 0.25) is 0 Å². The SMILES string of the molecule is COc1ccc(/C=C/C(=O)Nc2ccn(Cc3c(F)c(F)c(F)c(F)c3F)n2)cc1COc1ccc(C)cc1. The smallest absolute Gasteiger partial charge is 0.249 e. The largest absolute Gasteiger partial charge is 0.496 e. The first-order valence-corrected chi connectivity index (χ1v) is 11.6. The molecule has 0 unspecified atom stereocenters. The van der Waals surface area contributed by atoms with Crippen molar-refractivity contribution in [3.8, 4) is 11.5 Å². The number of amides is 1. The average molecular weight is 543 g/mol. The van der Waals surface area contributed by atoms with Crippen molar-refractivity contribution in [3.05, 3.63) is 112 Å². The maximum atomic E-state index is 13.9. The van der Waals surface area contributed by atoms with Crippen LogP contribution in [0.1, 0.15) is 22.3 Å². The van der Waals surface area contributed by atoms with Crippen LogP contribution in [0.3, 0.4) is 0 Å². The monoisotopic (exact) mass is 543 g/mol. The van der Waals surface area contributed by atoms with E-state index in [-0.39, 0.29) is 12.4 Å². The van der Waals surface area contributed by atoms with Gasteiger partial charge in [-0.25, -0.2) is 22.0 Å². The van der Waals surface area contributed by atoms with Crippen LogP contribution in [0, 0.1) is 36.0 Å². The van der Waals surface area contributed by atoms with E-state index in [1.54, 1.807) is 31.4 Å². The summed E-state index contributed by atoms with van der Waals surface area (Å²) in [5, 5.41) is 6.37. The molecule has 1 amide bonds. The third-order valence-electron chi connectivity index (χ3n) is 5.66. The van der Waals surface area contributed by atoms with Crippen molar-refractivity contribution in [1.29, 1.82) is 0 Å². The lowest BCUT2D eigenvalue weighted by molar-refractivity contribution is -0.111. The second-order valence-electron chi connectivity index (χ2n) is 8.44. The van der Waals surface area contributed by atoms with Crippen LogP contribution in [-0.2, 0) is 17.9 Å². The van der Waals surface area contributed by atoms with Crippen molar-refractivity contribution >= 4 is 17.8 Å². The molecule has 6 nitrogen and oxygen atoms in total. The highest BCUT2D eigenvalue weighted by atomic mass is 19.2. The van der Waals surface area contributed by atoms with Crippen LogP contribution < -0.4 is 14.8 Å². The van der Waals surface area contributed by atoms with E-state index < -0.39 is 47.1 Å². The Morgan fingerprint density at radius 3 is 2.28 bits per heavy atom. The average Bonchev–Trinajstić information content (AvgIpc) is 3.38. The van der Waals surface area contributed by atoms with Crippen LogP contribution in [0.15, 0.2) is 60.8 Å². The molecule has 39 heavy (non-hydrogen) atoms. The number of aromatic nitrogens is 2. The van der Waals surface area contributed by atoms with Gasteiger partial charge in [0.1, 0.15) is 18.1 Å². The molecule has 4 rings (SSSR count). The number of carbonyl (C=O) groups excluding carboxylic acids is 1. The van der Waals surface area contributed by atoms with Gasteiger partial charge >= 0.3 is 0 Å². The van der Waals surface area contributed by atoms with Gasteiger partial charge in [-0.3, -0.25) is 9.48 Å². The standard InChI is InChI=1S/C28H22F5N3O3/c1-16-3-7-19(8-4-16)39-15-18-13-17(5-9-21(18)38-2)6-10-23(37)34-22-11-12-36(35-22)14-20-24(29)26(31)28(33)27(32)25(20)30/h3-13H,14-15H2,1-2H3,(H,34,35,37)/b10-6+. The number of methoxy groups -OCH3 is 1. The van der Waals surface area contributed by atoms with E-state index in [9.17, 15) is 26.7 Å². The van der Waals surface area contributed by atoms with Crippen molar-refractivity contribution in [1.82, 2.24) is 9.78 Å². The van der Waals surface area contributed by atoms with E-state index in [1.165, 1.54) is 18.3 Å². The Labute approximate surface area is 220 Å². The first-order chi connectivity index (χ1) is 18.7. The molecule has 11 heteroatoms. The Balaban J connectivity index is 1.40. The number of halogens is 5. The van der Waals surface area contributed by atoms with E-state index in [0.29, 0.717) is 17.1 Å². The summed E-state index contributed by atoms with van der Waals surface area (Å²) in [4.78, 5) is 12.4. The van der Waals surface area contributed by atoms with Crippen LogP contribution >= 0.6 is 0 Å². The quantitative estimate of drug-likeness (QED) is 0.119. The first kappa shape index (κ1) is 27.4. The number of benzene rings is 3. The number of anilines is 1. The summed E-state index contributed by atoms with van der Waals surface area (Å²) in [7, 11) is 1.54. The predicted molar refractivity (Wildman–Crippen MR) is 134 cm³/mol. The summed E-state index contributed by atoms with van der Waals surface area (Å²) in [6.45, 7) is 1.47. The zero-order valence-electron chi connectivity index (χ0n) is 20.8. The third-order valence-corrected chi connectivity index (χ3v) is 5.66. The number of rotatable bonds is 9. The van der Waals surface area contributed by atoms with Gasteiger partial charge in [-0.1, -0.05) is 23.8 Å². The topological polar surface area (TPSA) is 65.4 Å². The van der Waals surface area contributed by atoms with E-state index in [0.717, 1.165) is 15.8 Å². The van der Waals surface area contributed by atoms with Gasteiger partial charge in [0.25, 0.3) is 0 Å². The molecule has 0 aliphatic heterocycles. The number of nitrogens with zero attached hydrogens (tertiary/aromatic N) is 2. The Kier molecular flexibility index (Phi) is 8.28. The van der Waals surface area contributed by atoms with Gasteiger partial charge in [0.05, 0.1) is 19.2 Å². The highest BCUT2D eigenvalue weighted by molar-refractivity contribution is 6.01. The minimum absolute atomic E-state index is 0.00967. The number of carbonyl (C=O) groups is 1. The highest BCUT2D eigenvalue weighted by Gasteiger charge is 2.26. The maximum absolute atomic E-state index is 13.9. The summed E-state index contributed by atoms with van der Waals surface area (Å²) >= 11 is 0. The fraction of sp³-hybridized carbons (Fsp3) is 0.143. The van der Waals surface area contributed by atoms with Crippen molar-refractivity contribution in [2.24, 2.45) is 0 Å². The van der Waals surface area contributed by atoms with E-state index in [2.05, 4.69) is 10.4 Å². The molecule has 0 radical (unpaired) electrons. The summed E-state index contributed by atoms with van der Waals surface area (Å²) in [5.74, 6) is -9.46. The molecule has 0 bridgehead atoms. The van der Waals surface area contributed by atoms with Crippen molar-refractivity contribution in [3.63, 3.8) is 0 Å². The summed E-state index contributed by atoms with van der Waals surface area (Å²) in [5.41, 5.74) is 1.50. The van der Waals surface area contributed by atoms with Crippen molar-refractivity contribution in [2.75, 3.05) is 12.4 Å². The van der Waals surface area contributed by atoms with E-state index in [4.69, 9.17) is 9.47 Å². The molecule has 1 aromatic heterocycles. The Morgan fingerprint density at radius 1 is 0.949 bits per heavy atom. The molecule has 0 atom stereocenters. The minimum Gasteiger partial charge on any atom is -0.496 e. The summed E-state index contributed by atoms with van der Waals surface area (Å²) in [6.07, 6.45) is 4.02. The molecule has 0 saturated heterocycles. The number of hydrogen-bond donors (Lipinski definition) is 1. The Bertz CT molecular complexity index is 1510. The summed E-state index contributed by atoms with van der Waals surface area (Å²) < 4.78 is 80.1. The second-order valence-corrected chi connectivity index (χ2v) is 8.44. The second kappa shape index (κ2) is 11.8. The zero-order valence-corrected chi connectivity index (χ0v) is 20.8. The van der Waals surface area contributed by atoms with Gasteiger partial charge in [-0.05, 0) is 42.8 Å². The van der Waals surface area contributed by atoms with Gasteiger partial charge in [0.15, 0.2) is 29.1 Å². The molecule has 4 aromatic rings. The molecule has 0 fully saturated rings. The molecule has 0 aliphatic rings. The number of ether oxygens (including phenoxy) is 2. The first-order valence-electron chi connectivity index (χ1n) is 11.6. The number of nitrogens with one attached hydrogen (secondary N) is 1. The van der Waals surface area contributed by atoms with Gasteiger partial charge in [-0.15, -0.1) is 0 Å². The molecule has 3 aromatic carbocycles. The predicted octanol–water partition coefficient (Wildman–Crippen LogP) is 6.17. The number of hydrogen-bond acceptors (Lipinski definition) is 4. The van der Waals surface area contributed by atoms with Crippen molar-refractivity contribution < 1.29 is 36.2 Å². The third kappa shape index (κ3) is 6.43. The molecular weight excluding hydrogens is 521 g/mol. The minimum atomic E-state index is -2.24. The molecule has 202 valence electrons. The number of aryl methyl sites for hydroxylation is 1. The summed E-state index contributed by atoms with van der Waals surface area (Å²) in [6, 6.07) is 14.2. The van der Waals surface area contributed by atoms with Crippen LogP contribution in [0.5, 0.6) is 11.5 Å². The fourth-order valence-electron chi connectivity index (χ4n) is 3.62.